The lowest BCUT2D eigenvalue weighted by molar-refractivity contribution is 0.130. The van der Waals surface area contributed by atoms with E-state index >= 15 is 0 Å². The normalized spacial score (nSPS) is 22.3. The van der Waals surface area contributed by atoms with Crippen molar-refractivity contribution in [2.45, 2.75) is 31.3 Å². The molecule has 0 spiro atoms. The quantitative estimate of drug-likeness (QED) is 0.843. The second kappa shape index (κ2) is 5.07. The van der Waals surface area contributed by atoms with Crippen LogP contribution in [-0.2, 0) is 14.8 Å². The Labute approximate surface area is 107 Å². The smallest absolute Gasteiger partial charge is 0.276 e. The molecule has 1 heterocycles. The maximum Gasteiger partial charge on any atom is 0.276 e. The molecule has 98 valence electrons. The van der Waals surface area contributed by atoms with Gasteiger partial charge in [-0.2, -0.15) is 13.5 Å². The van der Waals surface area contributed by atoms with Gasteiger partial charge in [-0.25, -0.2) is 4.83 Å². The minimum Gasteiger partial charge on any atom is -0.372 e. The molecule has 1 saturated heterocycles. The van der Waals surface area contributed by atoms with Crippen LogP contribution in [-0.4, -0.2) is 26.8 Å². The van der Waals surface area contributed by atoms with Gasteiger partial charge in [0.25, 0.3) is 10.0 Å². The van der Waals surface area contributed by atoms with E-state index in [0.29, 0.717) is 13.0 Å². The minimum absolute atomic E-state index is 0.104. The molecule has 1 N–H and O–H groups in total. The number of ether oxygens (including phenoxy) is 1. The number of hydrogen-bond acceptors (Lipinski definition) is 4. The summed E-state index contributed by atoms with van der Waals surface area (Å²) in [7, 11) is -3.58. The number of nitrogens with zero attached hydrogens (tertiary/aromatic N) is 1. The van der Waals surface area contributed by atoms with Gasteiger partial charge in [0.15, 0.2) is 0 Å². The van der Waals surface area contributed by atoms with Gasteiger partial charge in [0.2, 0.25) is 0 Å². The van der Waals surface area contributed by atoms with Crippen LogP contribution in [0.15, 0.2) is 34.3 Å². The predicted molar refractivity (Wildman–Crippen MR) is 69.0 cm³/mol. The Morgan fingerprint density at radius 3 is 2.56 bits per heavy atom. The Morgan fingerprint density at radius 2 is 2.00 bits per heavy atom. The molecule has 0 radical (unpaired) electrons. The number of sulfonamides is 1. The number of hydrogen-bond donors (Lipinski definition) is 1. The van der Waals surface area contributed by atoms with Crippen molar-refractivity contribution in [3.05, 3.63) is 29.8 Å². The predicted octanol–water partition coefficient (Wildman–Crippen LogP) is 1.44. The van der Waals surface area contributed by atoms with Crippen LogP contribution >= 0.6 is 0 Å². The van der Waals surface area contributed by atoms with Gasteiger partial charge in [0, 0.05) is 6.42 Å². The summed E-state index contributed by atoms with van der Waals surface area (Å²) in [6.07, 6.45) is 0.767. The van der Waals surface area contributed by atoms with Crippen LogP contribution in [0.5, 0.6) is 0 Å². The van der Waals surface area contributed by atoms with Crippen molar-refractivity contribution in [2.24, 2.45) is 5.10 Å². The average Bonchev–Trinajstić information content (AvgIpc) is 2.73. The highest BCUT2D eigenvalue weighted by Gasteiger charge is 2.18. The molecule has 0 aromatic heterocycles. The average molecular weight is 268 g/mol. The molecular formula is C12H16N2O3S. The molecule has 0 amide bonds. The van der Waals surface area contributed by atoms with Crippen molar-refractivity contribution < 1.29 is 13.2 Å². The summed E-state index contributed by atoms with van der Waals surface area (Å²) in [5, 5.41) is 3.90. The lowest BCUT2D eigenvalue weighted by Crippen LogP contribution is -2.20. The first-order valence-electron chi connectivity index (χ1n) is 5.73. The fourth-order valence-electron chi connectivity index (χ4n) is 1.66. The molecule has 0 aliphatic carbocycles. The molecule has 1 unspecified atom stereocenters. The first kappa shape index (κ1) is 13.0. The van der Waals surface area contributed by atoms with Crippen LogP contribution in [0.2, 0.25) is 0 Å². The highest BCUT2D eigenvalue weighted by Crippen LogP contribution is 2.12. The zero-order valence-electron chi connectivity index (χ0n) is 10.4. The molecule has 6 heteroatoms. The van der Waals surface area contributed by atoms with Crippen LogP contribution in [0.1, 0.15) is 18.9 Å². The maximum absolute atomic E-state index is 11.9. The molecule has 1 atom stereocenters. The summed E-state index contributed by atoms with van der Waals surface area (Å²) in [5.41, 5.74) is 1.73. The molecule has 1 aliphatic rings. The van der Waals surface area contributed by atoms with Gasteiger partial charge in [0.1, 0.15) is 0 Å². The van der Waals surface area contributed by atoms with Crippen LogP contribution in [0.4, 0.5) is 0 Å². The zero-order chi connectivity index (χ0) is 13.2. The van der Waals surface area contributed by atoms with E-state index in [4.69, 9.17) is 4.74 Å². The number of aryl methyl sites for hydroxylation is 1. The van der Waals surface area contributed by atoms with Crippen LogP contribution in [0.3, 0.4) is 0 Å². The highest BCUT2D eigenvalue weighted by molar-refractivity contribution is 7.89. The Bertz CT molecular complexity index is 549. The molecule has 0 bridgehead atoms. The van der Waals surface area contributed by atoms with Crippen molar-refractivity contribution in [2.75, 3.05) is 6.61 Å². The largest absolute Gasteiger partial charge is 0.372 e. The van der Waals surface area contributed by atoms with Gasteiger partial charge in [0.05, 0.1) is 23.3 Å². The van der Waals surface area contributed by atoms with Gasteiger partial charge in [-0.3, -0.25) is 0 Å². The van der Waals surface area contributed by atoms with Crippen molar-refractivity contribution >= 4 is 15.7 Å². The first-order chi connectivity index (χ1) is 8.47. The van der Waals surface area contributed by atoms with Crippen LogP contribution in [0.25, 0.3) is 0 Å². The third-order valence-electron chi connectivity index (χ3n) is 2.71. The molecule has 0 saturated carbocycles. The zero-order valence-corrected chi connectivity index (χ0v) is 11.2. The van der Waals surface area contributed by atoms with E-state index < -0.39 is 10.0 Å². The molecule has 1 aromatic carbocycles. The number of rotatable bonds is 3. The lowest BCUT2D eigenvalue weighted by atomic mass is 10.2. The van der Waals surface area contributed by atoms with Crippen molar-refractivity contribution in [3.8, 4) is 0 Å². The Morgan fingerprint density at radius 1 is 1.33 bits per heavy atom. The third kappa shape index (κ3) is 3.08. The first-order valence-corrected chi connectivity index (χ1v) is 7.21. The van der Waals surface area contributed by atoms with E-state index in [-0.39, 0.29) is 11.0 Å². The van der Waals surface area contributed by atoms with Gasteiger partial charge in [-0.1, -0.05) is 17.7 Å². The van der Waals surface area contributed by atoms with E-state index in [0.717, 1.165) is 11.3 Å². The van der Waals surface area contributed by atoms with E-state index in [1.165, 1.54) is 0 Å². The standard InChI is InChI=1S/C12H16N2O3S/c1-9-3-5-12(6-4-9)18(15,16)14-13-11-7-10(2)17-8-11/h3-6,10,14H,7-8H2,1-2H3. The molecule has 18 heavy (non-hydrogen) atoms. The van der Waals surface area contributed by atoms with Crippen molar-refractivity contribution in [1.29, 1.82) is 0 Å². The summed E-state index contributed by atoms with van der Waals surface area (Å²) in [6.45, 7) is 4.22. The van der Waals surface area contributed by atoms with Gasteiger partial charge in [-0.15, -0.1) is 0 Å². The van der Waals surface area contributed by atoms with Crippen LogP contribution < -0.4 is 4.83 Å². The van der Waals surface area contributed by atoms with Gasteiger partial charge < -0.3 is 4.74 Å². The number of nitrogens with one attached hydrogen (secondary N) is 1. The molecule has 1 aromatic rings. The maximum atomic E-state index is 11.9. The Kier molecular flexibility index (Phi) is 3.68. The van der Waals surface area contributed by atoms with Gasteiger partial charge in [-0.05, 0) is 26.0 Å². The van der Waals surface area contributed by atoms with E-state index in [9.17, 15) is 8.42 Å². The molecule has 5 nitrogen and oxygen atoms in total. The second-order valence-corrected chi connectivity index (χ2v) is 6.07. The van der Waals surface area contributed by atoms with E-state index in [2.05, 4.69) is 9.93 Å². The van der Waals surface area contributed by atoms with E-state index in [1.54, 1.807) is 24.3 Å². The fraction of sp³-hybridized carbons (Fsp3) is 0.417. The minimum atomic E-state index is -3.58. The lowest BCUT2D eigenvalue weighted by Gasteiger charge is -2.04. The van der Waals surface area contributed by atoms with Crippen molar-refractivity contribution in [3.63, 3.8) is 0 Å². The highest BCUT2D eigenvalue weighted by atomic mass is 32.2. The van der Waals surface area contributed by atoms with E-state index in [1.807, 2.05) is 13.8 Å². The molecule has 1 fully saturated rings. The SMILES string of the molecule is Cc1ccc(S(=O)(=O)NN=C2COC(C)C2)cc1. The molecular weight excluding hydrogens is 252 g/mol. The summed E-state index contributed by atoms with van der Waals surface area (Å²) < 4.78 is 29.1. The summed E-state index contributed by atoms with van der Waals surface area (Å²) in [5.74, 6) is 0. The summed E-state index contributed by atoms with van der Waals surface area (Å²) in [4.78, 5) is 2.45. The van der Waals surface area contributed by atoms with Crippen molar-refractivity contribution in [1.82, 2.24) is 4.83 Å². The van der Waals surface area contributed by atoms with Crippen LogP contribution in [0, 0.1) is 6.92 Å². The second-order valence-electron chi connectivity index (χ2n) is 4.41. The number of benzene rings is 1. The summed E-state index contributed by atoms with van der Waals surface area (Å²) >= 11 is 0. The number of hydrazone groups is 1. The Hall–Kier alpha value is -1.40. The van der Waals surface area contributed by atoms with Gasteiger partial charge >= 0.3 is 0 Å². The summed E-state index contributed by atoms with van der Waals surface area (Å²) in [6, 6.07) is 6.63. The monoisotopic (exact) mass is 268 g/mol. The topological polar surface area (TPSA) is 67.8 Å². The Balaban J connectivity index is 2.10. The molecule has 1 aliphatic heterocycles. The molecule has 2 rings (SSSR count). The third-order valence-corrected chi connectivity index (χ3v) is 3.94. The fourth-order valence-corrected chi connectivity index (χ4v) is 2.51.